The molecule has 2 rings (SSSR count). The van der Waals surface area contributed by atoms with Crippen LogP contribution in [-0.2, 0) is 4.79 Å². The van der Waals surface area contributed by atoms with Crippen molar-refractivity contribution < 1.29 is 19.0 Å². The number of hydrogen-bond acceptors (Lipinski definition) is 4. The molecule has 1 aromatic carbocycles. The maximum absolute atomic E-state index is 11.8. The predicted molar refractivity (Wildman–Crippen MR) is 76.9 cm³/mol. The van der Waals surface area contributed by atoms with Crippen LogP contribution < -0.4 is 14.2 Å². The van der Waals surface area contributed by atoms with E-state index in [0.29, 0.717) is 30.1 Å². The Bertz CT molecular complexity index is 459. The molecule has 0 N–H and O–H groups in total. The topological polar surface area (TPSA) is 44.8 Å². The van der Waals surface area contributed by atoms with Gasteiger partial charge in [-0.2, -0.15) is 0 Å². The third kappa shape index (κ3) is 3.18. The van der Waals surface area contributed by atoms with Crippen molar-refractivity contribution in [1.82, 2.24) is 0 Å². The van der Waals surface area contributed by atoms with E-state index in [2.05, 4.69) is 0 Å². The molecule has 0 aromatic heterocycles. The number of carbonyl (C=O) groups excluding carboxylic acids is 1. The zero-order chi connectivity index (χ0) is 14.6. The van der Waals surface area contributed by atoms with Crippen LogP contribution in [0.15, 0.2) is 18.2 Å². The zero-order valence-electron chi connectivity index (χ0n) is 11.8. The van der Waals surface area contributed by atoms with E-state index in [1.54, 1.807) is 32.4 Å². The maximum Gasteiger partial charge on any atom is 0.265 e. The van der Waals surface area contributed by atoms with Gasteiger partial charge in [-0.05, 0) is 37.3 Å². The molecule has 1 saturated carbocycles. The number of halogens is 1. The Morgan fingerprint density at radius 1 is 1.00 bits per heavy atom. The highest BCUT2D eigenvalue weighted by atomic mass is 35.5. The Hall–Kier alpha value is -1.42. The number of ether oxygens (including phenoxy) is 3. The summed E-state index contributed by atoms with van der Waals surface area (Å²) in [4.78, 5) is 11.8. The highest BCUT2D eigenvalue weighted by Crippen LogP contribution is 2.37. The largest absolute Gasteiger partial charge is 0.496 e. The molecule has 0 heterocycles. The second kappa shape index (κ2) is 6.35. The average Bonchev–Trinajstić information content (AvgIpc) is 2.47. The van der Waals surface area contributed by atoms with Crippen LogP contribution in [0, 0.1) is 0 Å². The van der Waals surface area contributed by atoms with Crippen LogP contribution >= 0.6 is 11.6 Å². The van der Waals surface area contributed by atoms with Gasteiger partial charge in [0, 0.05) is 18.2 Å². The highest BCUT2D eigenvalue weighted by Gasteiger charge is 2.41. The summed E-state index contributed by atoms with van der Waals surface area (Å²) < 4.78 is 16.4. The van der Waals surface area contributed by atoms with Gasteiger partial charge < -0.3 is 14.2 Å². The van der Waals surface area contributed by atoms with Gasteiger partial charge in [0.2, 0.25) is 0 Å². The number of carbonyl (C=O) groups is 1. The molecule has 5 heteroatoms. The summed E-state index contributed by atoms with van der Waals surface area (Å²) in [6, 6.07) is 5.22. The molecule has 1 aliphatic rings. The van der Waals surface area contributed by atoms with Crippen molar-refractivity contribution in [3.8, 4) is 17.2 Å². The van der Waals surface area contributed by atoms with Gasteiger partial charge in [0.25, 0.3) is 5.24 Å². The molecule has 0 radical (unpaired) electrons. The molecule has 0 atom stereocenters. The molecule has 0 spiro atoms. The van der Waals surface area contributed by atoms with Crippen molar-refractivity contribution in [3.05, 3.63) is 18.2 Å². The Morgan fingerprint density at radius 3 is 1.95 bits per heavy atom. The van der Waals surface area contributed by atoms with Crippen molar-refractivity contribution in [1.29, 1.82) is 0 Å². The van der Waals surface area contributed by atoms with Crippen LogP contribution in [-0.4, -0.2) is 25.1 Å². The quantitative estimate of drug-likeness (QED) is 0.780. The summed E-state index contributed by atoms with van der Waals surface area (Å²) in [6.07, 6.45) is 4.29. The second-order valence-corrected chi connectivity index (χ2v) is 5.32. The summed E-state index contributed by atoms with van der Waals surface area (Å²) in [5, 5.41) is -0.431. The van der Waals surface area contributed by atoms with Gasteiger partial charge in [0.05, 0.1) is 14.2 Å². The first-order valence-corrected chi connectivity index (χ1v) is 7.09. The lowest BCUT2D eigenvalue weighted by Crippen LogP contribution is -2.43. The summed E-state index contributed by atoms with van der Waals surface area (Å²) >= 11 is 5.78. The van der Waals surface area contributed by atoms with Crippen LogP contribution in [0.25, 0.3) is 0 Å². The van der Waals surface area contributed by atoms with E-state index < -0.39 is 10.8 Å². The maximum atomic E-state index is 11.8. The van der Waals surface area contributed by atoms with Crippen molar-refractivity contribution in [3.63, 3.8) is 0 Å². The summed E-state index contributed by atoms with van der Waals surface area (Å²) in [5.74, 6) is 1.77. The molecule has 0 unspecified atom stereocenters. The number of rotatable bonds is 5. The van der Waals surface area contributed by atoms with Gasteiger partial charge in [-0.1, -0.05) is 6.42 Å². The standard InChI is InChI=1S/C15H19ClO4/c1-18-11-8-12(19-2)10-13(9-11)20-15(14(16)17)6-4-3-5-7-15/h8-10H,3-7H2,1-2H3. The van der Waals surface area contributed by atoms with Gasteiger partial charge in [-0.3, -0.25) is 4.79 Å². The van der Waals surface area contributed by atoms with Crippen molar-refractivity contribution >= 4 is 16.8 Å². The van der Waals surface area contributed by atoms with E-state index >= 15 is 0 Å². The number of hydrogen-bond donors (Lipinski definition) is 0. The van der Waals surface area contributed by atoms with E-state index in [9.17, 15) is 4.79 Å². The van der Waals surface area contributed by atoms with Crippen molar-refractivity contribution in [2.75, 3.05) is 14.2 Å². The van der Waals surface area contributed by atoms with Gasteiger partial charge >= 0.3 is 0 Å². The summed E-state index contributed by atoms with van der Waals surface area (Å²) in [6.45, 7) is 0. The fraction of sp³-hybridized carbons (Fsp3) is 0.533. The SMILES string of the molecule is COc1cc(OC)cc(OC2(C(=O)Cl)CCCCC2)c1. The molecule has 1 aromatic rings. The molecule has 0 amide bonds. The Kier molecular flexibility index (Phi) is 4.76. The summed E-state index contributed by atoms with van der Waals surface area (Å²) in [5.41, 5.74) is -0.919. The van der Waals surface area contributed by atoms with E-state index in [0.717, 1.165) is 19.3 Å². The highest BCUT2D eigenvalue weighted by molar-refractivity contribution is 6.65. The van der Waals surface area contributed by atoms with Crippen LogP contribution in [0.2, 0.25) is 0 Å². The van der Waals surface area contributed by atoms with Crippen molar-refractivity contribution in [2.45, 2.75) is 37.7 Å². The van der Waals surface area contributed by atoms with Crippen molar-refractivity contribution in [2.24, 2.45) is 0 Å². The minimum absolute atomic E-state index is 0.431. The minimum Gasteiger partial charge on any atom is -0.496 e. The lowest BCUT2D eigenvalue weighted by Gasteiger charge is -2.34. The van der Waals surface area contributed by atoms with Gasteiger partial charge in [0.15, 0.2) is 5.60 Å². The third-order valence-electron chi connectivity index (χ3n) is 3.66. The van der Waals surface area contributed by atoms with Crippen LogP contribution in [0.1, 0.15) is 32.1 Å². The molecular formula is C15H19ClO4. The Balaban J connectivity index is 2.28. The first-order chi connectivity index (χ1) is 9.59. The van der Waals surface area contributed by atoms with E-state index in [-0.39, 0.29) is 0 Å². The Labute approximate surface area is 124 Å². The molecule has 0 bridgehead atoms. The fourth-order valence-electron chi connectivity index (χ4n) is 2.53. The van der Waals surface area contributed by atoms with E-state index in [1.807, 2.05) is 0 Å². The molecule has 0 aliphatic heterocycles. The summed E-state index contributed by atoms with van der Waals surface area (Å²) in [7, 11) is 3.14. The normalized spacial score (nSPS) is 17.4. The van der Waals surface area contributed by atoms with Gasteiger partial charge in [-0.15, -0.1) is 0 Å². The first-order valence-electron chi connectivity index (χ1n) is 6.72. The van der Waals surface area contributed by atoms with Gasteiger partial charge in [-0.25, -0.2) is 0 Å². The zero-order valence-corrected chi connectivity index (χ0v) is 12.5. The molecule has 1 fully saturated rings. The van der Waals surface area contributed by atoms with Gasteiger partial charge in [0.1, 0.15) is 17.2 Å². The predicted octanol–water partition coefficient (Wildman–Crippen LogP) is 3.55. The minimum atomic E-state index is -0.919. The monoisotopic (exact) mass is 298 g/mol. The molecule has 1 aliphatic carbocycles. The smallest absolute Gasteiger partial charge is 0.265 e. The lowest BCUT2D eigenvalue weighted by molar-refractivity contribution is -0.128. The molecule has 110 valence electrons. The Morgan fingerprint density at radius 2 is 1.50 bits per heavy atom. The van der Waals surface area contributed by atoms with E-state index in [4.69, 9.17) is 25.8 Å². The number of methoxy groups -OCH3 is 2. The van der Waals surface area contributed by atoms with Crippen LogP contribution in [0.3, 0.4) is 0 Å². The third-order valence-corrected chi connectivity index (χ3v) is 4.00. The molecule has 0 saturated heterocycles. The lowest BCUT2D eigenvalue weighted by atomic mass is 9.85. The first kappa shape index (κ1) is 15.0. The molecule has 20 heavy (non-hydrogen) atoms. The van der Waals surface area contributed by atoms with E-state index in [1.165, 1.54) is 0 Å². The van der Waals surface area contributed by atoms with Crippen LogP contribution in [0.5, 0.6) is 17.2 Å². The fourth-order valence-corrected chi connectivity index (χ4v) is 2.76. The number of benzene rings is 1. The molecule has 4 nitrogen and oxygen atoms in total. The average molecular weight is 299 g/mol. The second-order valence-electron chi connectivity index (χ2n) is 4.98. The van der Waals surface area contributed by atoms with Crippen LogP contribution in [0.4, 0.5) is 0 Å². The molecular weight excluding hydrogens is 280 g/mol.